The number of nitrogens with two attached hydrogens (primary N) is 1. The lowest BCUT2D eigenvalue weighted by Crippen LogP contribution is -2.15. The SMILES string of the molecule is N=C(N)c1nccnc1Oc1cc(Cl)c(Br)cc1Cl. The van der Waals surface area contributed by atoms with Gasteiger partial charge in [-0.1, -0.05) is 23.2 Å². The summed E-state index contributed by atoms with van der Waals surface area (Å²) < 4.78 is 6.16. The Labute approximate surface area is 127 Å². The topological polar surface area (TPSA) is 84.9 Å². The van der Waals surface area contributed by atoms with E-state index in [0.717, 1.165) is 0 Å². The Bertz CT molecular complexity index is 651. The first-order valence-corrected chi connectivity index (χ1v) is 6.51. The van der Waals surface area contributed by atoms with Gasteiger partial charge in [0.15, 0.2) is 5.69 Å². The summed E-state index contributed by atoms with van der Waals surface area (Å²) >= 11 is 15.3. The molecule has 0 atom stereocenters. The second kappa shape index (κ2) is 5.73. The fourth-order valence-corrected chi connectivity index (χ4v) is 2.10. The van der Waals surface area contributed by atoms with Gasteiger partial charge in [-0.2, -0.15) is 0 Å². The molecule has 5 nitrogen and oxygen atoms in total. The van der Waals surface area contributed by atoms with E-state index < -0.39 is 0 Å². The van der Waals surface area contributed by atoms with Gasteiger partial charge in [-0.3, -0.25) is 5.41 Å². The largest absolute Gasteiger partial charge is 0.435 e. The predicted octanol–water partition coefficient (Wildman–Crippen LogP) is 3.62. The average molecular weight is 362 g/mol. The monoisotopic (exact) mass is 360 g/mol. The van der Waals surface area contributed by atoms with E-state index in [-0.39, 0.29) is 17.4 Å². The van der Waals surface area contributed by atoms with Gasteiger partial charge in [0.05, 0.1) is 10.0 Å². The Hall–Kier alpha value is -1.37. The van der Waals surface area contributed by atoms with Crippen molar-refractivity contribution < 1.29 is 4.74 Å². The quantitative estimate of drug-likeness (QED) is 0.496. The Balaban J connectivity index is 2.42. The number of nitrogen functional groups attached to an aromatic ring is 1. The lowest BCUT2D eigenvalue weighted by atomic mass is 10.3. The van der Waals surface area contributed by atoms with Crippen LogP contribution in [0.5, 0.6) is 11.6 Å². The smallest absolute Gasteiger partial charge is 0.249 e. The zero-order valence-corrected chi connectivity index (χ0v) is 12.4. The van der Waals surface area contributed by atoms with Crippen LogP contribution in [0.15, 0.2) is 29.0 Å². The van der Waals surface area contributed by atoms with E-state index in [1.165, 1.54) is 18.5 Å². The molecule has 0 saturated heterocycles. The van der Waals surface area contributed by atoms with Crippen molar-refractivity contribution in [1.82, 2.24) is 9.97 Å². The van der Waals surface area contributed by atoms with Crippen LogP contribution in [0.1, 0.15) is 5.69 Å². The maximum atomic E-state index is 7.40. The van der Waals surface area contributed by atoms with Gasteiger partial charge in [-0.15, -0.1) is 0 Å². The van der Waals surface area contributed by atoms with Crippen molar-refractivity contribution in [1.29, 1.82) is 5.41 Å². The summed E-state index contributed by atoms with van der Waals surface area (Å²) in [6.07, 6.45) is 2.84. The number of nitrogens with zero attached hydrogens (tertiary/aromatic N) is 2. The summed E-state index contributed by atoms with van der Waals surface area (Å²) in [4.78, 5) is 7.89. The summed E-state index contributed by atoms with van der Waals surface area (Å²) in [6.45, 7) is 0. The molecule has 1 heterocycles. The summed E-state index contributed by atoms with van der Waals surface area (Å²) in [6, 6.07) is 3.13. The maximum absolute atomic E-state index is 7.40. The van der Waals surface area contributed by atoms with Gasteiger partial charge < -0.3 is 10.5 Å². The van der Waals surface area contributed by atoms with E-state index in [4.69, 9.17) is 39.1 Å². The molecule has 3 N–H and O–H groups in total. The standard InChI is InChI=1S/C11H7BrCl2N4O/c12-5-3-7(14)8(4-6(5)13)19-11-9(10(15)16)17-1-2-18-11/h1-4H,(H3,15,16). The van der Waals surface area contributed by atoms with Crippen LogP contribution in [0.25, 0.3) is 0 Å². The molecule has 0 amide bonds. The van der Waals surface area contributed by atoms with Crippen LogP contribution in [-0.4, -0.2) is 15.8 Å². The fraction of sp³-hybridized carbons (Fsp3) is 0. The van der Waals surface area contributed by atoms with E-state index in [0.29, 0.717) is 20.3 Å². The number of rotatable bonds is 3. The molecule has 1 aromatic carbocycles. The van der Waals surface area contributed by atoms with Crippen molar-refractivity contribution >= 4 is 45.0 Å². The molecule has 0 aliphatic heterocycles. The number of ether oxygens (including phenoxy) is 1. The summed E-state index contributed by atoms with van der Waals surface area (Å²) in [5.41, 5.74) is 5.53. The normalized spacial score (nSPS) is 10.3. The molecule has 1 aromatic heterocycles. The molecule has 2 rings (SSSR count). The van der Waals surface area contributed by atoms with Crippen LogP contribution in [0, 0.1) is 5.41 Å². The Morgan fingerprint density at radius 3 is 2.58 bits per heavy atom. The van der Waals surface area contributed by atoms with E-state index >= 15 is 0 Å². The molecule has 0 radical (unpaired) electrons. The molecule has 98 valence electrons. The van der Waals surface area contributed by atoms with Crippen LogP contribution in [0.2, 0.25) is 10.0 Å². The zero-order chi connectivity index (χ0) is 14.0. The molecule has 0 saturated carbocycles. The second-order valence-electron chi connectivity index (χ2n) is 3.42. The molecule has 8 heteroatoms. The van der Waals surface area contributed by atoms with Crippen LogP contribution < -0.4 is 10.5 Å². The van der Waals surface area contributed by atoms with Crippen molar-refractivity contribution in [3.63, 3.8) is 0 Å². The number of aromatic nitrogens is 2. The van der Waals surface area contributed by atoms with Crippen LogP contribution in [-0.2, 0) is 0 Å². The van der Waals surface area contributed by atoms with E-state index in [9.17, 15) is 0 Å². The van der Waals surface area contributed by atoms with Crippen molar-refractivity contribution in [2.24, 2.45) is 5.73 Å². The maximum Gasteiger partial charge on any atom is 0.249 e. The Morgan fingerprint density at radius 2 is 1.89 bits per heavy atom. The fourth-order valence-electron chi connectivity index (χ4n) is 1.27. The number of benzene rings is 1. The van der Waals surface area contributed by atoms with Crippen LogP contribution in [0.3, 0.4) is 0 Å². The summed E-state index contributed by atoms with van der Waals surface area (Å²) in [7, 11) is 0. The Morgan fingerprint density at radius 1 is 1.21 bits per heavy atom. The van der Waals surface area contributed by atoms with Crippen molar-refractivity contribution in [3.8, 4) is 11.6 Å². The minimum Gasteiger partial charge on any atom is -0.435 e. The van der Waals surface area contributed by atoms with E-state index in [1.807, 2.05) is 0 Å². The highest BCUT2D eigenvalue weighted by Crippen LogP contribution is 2.36. The summed E-state index contributed by atoms with van der Waals surface area (Å²) in [5, 5.41) is 8.18. The van der Waals surface area contributed by atoms with Crippen LogP contribution >= 0.6 is 39.1 Å². The van der Waals surface area contributed by atoms with Gasteiger partial charge in [0.1, 0.15) is 11.6 Å². The van der Waals surface area contributed by atoms with Gasteiger partial charge in [-0.25, -0.2) is 9.97 Å². The molecular formula is C11H7BrCl2N4O. The molecule has 0 aliphatic rings. The molecule has 0 spiro atoms. The number of hydrogen-bond donors (Lipinski definition) is 2. The third-order valence-corrected chi connectivity index (χ3v) is 3.59. The van der Waals surface area contributed by atoms with Gasteiger partial charge in [0.2, 0.25) is 5.88 Å². The molecule has 0 bridgehead atoms. The minimum absolute atomic E-state index is 0.0929. The number of amidine groups is 1. The van der Waals surface area contributed by atoms with Gasteiger partial charge in [-0.05, 0) is 22.0 Å². The second-order valence-corrected chi connectivity index (χ2v) is 5.09. The van der Waals surface area contributed by atoms with Crippen LogP contribution in [0.4, 0.5) is 0 Å². The highest BCUT2D eigenvalue weighted by Gasteiger charge is 2.13. The summed E-state index contributed by atoms with van der Waals surface area (Å²) in [5.74, 6) is 0.149. The van der Waals surface area contributed by atoms with Crippen molar-refractivity contribution in [2.45, 2.75) is 0 Å². The number of halogens is 3. The minimum atomic E-state index is -0.248. The number of nitrogens with one attached hydrogen (secondary N) is 1. The molecule has 0 aliphatic carbocycles. The molecule has 2 aromatic rings. The third-order valence-electron chi connectivity index (χ3n) is 2.10. The molecule has 0 unspecified atom stereocenters. The highest BCUT2D eigenvalue weighted by molar-refractivity contribution is 9.10. The lowest BCUT2D eigenvalue weighted by Gasteiger charge is -2.10. The Kier molecular flexibility index (Phi) is 4.24. The first-order chi connectivity index (χ1) is 8.99. The van der Waals surface area contributed by atoms with Crippen molar-refractivity contribution in [2.75, 3.05) is 0 Å². The lowest BCUT2D eigenvalue weighted by molar-refractivity contribution is 0.459. The highest BCUT2D eigenvalue weighted by atomic mass is 79.9. The zero-order valence-electron chi connectivity index (χ0n) is 9.32. The van der Waals surface area contributed by atoms with Gasteiger partial charge in [0, 0.05) is 22.9 Å². The first kappa shape index (κ1) is 14.0. The molecular weight excluding hydrogens is 355 g/mol. The predicted molar refractivity (Wildman–Crippen MR) is 77.3 cm³/mol. The average Bonchev–Trinajstić information content (AvgIpc) is 2.36. The first-order valence-electron chi connectivity index (χ1n) is 4.97. The van der Waals surface area contributed by atoms with E-state index in [1.54, 1.807) is 6.07 Å². The van der Waals surface area contributed by atoms with E-state index in [2.05, 4.69) is 25.9 Å². The molecule has 19 heavy (non-hydrogen) atoms. The van der Waals surface area contributed by atoms with Gasteiger partial charge in [0.25, 0.3) is 0 Å². The molecule has 0 fully saturated rings. The third kappa shape index (κ3) is 3.15. The van der Waals surface area contributed by atoms with Crippen molar-refractivity contribution in [3.05, 3.63) is 44.7 Å². The van der Waals surface area contributed by atoms with Gasteiger partial charge >= 0.3 is 0 Å². The number of hydrogen-bond acceptors (Lipinski definition) is 4.